The van der Waals surface area contributed by atoms with Crippen LogP contribution >= 0.6 is 15.9 Å². The van der Waals surface area contributed by atoms with E-state index in [-0.39, 0.29) is 16.7 Å². The summed E-state index contributed by atoms with van der Waals surface area (Å²) in [5.41, 5.74) is 2.09. The van der Waals surface area contributed by atoms with Crippen molar-refractivity contribution in [2.75, 3.05) is 5.32 Å². The lowest BCUT2D eigenvalue weighted by Gasteiger charge is -2.19. The second-order valence-corrected chi connectivity index (χ2v) is 8.27. The van der Waals surface area contributed by atoms with Crippen molar-refractivity contribution in [3.63, 3.8) is 0 Å². The predicted molar refractivity (Wildman–Crippen MR) is 105 cm³/mol. The number of amides is 1. The highest BCUT2D eigenvalue weighted by atomic mass is 79.9. The molecule has 0 spiro atoms. The Morgan fingerprint density at radius 2 is 1.85 bits per heavy atom. The summed E-state index contributed by atoms with van der Waals surface area (Å²) in [7, 11) is -3.95. The minimum atomic E-state index is -3.95. The Labute approximate surface area is 164 Å². The van der Waals surface area contributed by atoms with Gasteiger partial charge in [-0.05, 0) is 61.9 Å². The maximum absolute atomic E-state index is 12.4. The lowest BCUT2D eigenvalue weighted by atomic mass is 10.2. The quantitative estimate of drug-likeness (QED) is 0.608. The van der Waals surface area contributed by atoms with Crippen molar-refractivity contribution in [3.05, 3.63) is 74.5 Å². The van der Waals surface area contributed by atoms with Crippen molar-refractivity contribution in [2.24, 2.45) is 0 Å². The summed E-state index contributed by atoms with van der Waals surface area (Å²) in [4.78, 5) is 12.2. The van der Waals surface area contributed by atoms with Gasteiger partial charge in [0.15, 0.2) is 0 Å². The van der Waals surface area contributed by atoms with Crippen LogP contribution in [0, 0.1) is 13.8 Å². The van der Waals surface area contributed by atoms with Crippen LogP contribution in [0.15, 0.2) is 62.4 Å². The molecule has 1 heterocycles. The van der Waals surface area contributed by atoms with Gasteiger partial charge >= 0.3 is 0 Å². The van der Waals surface area contributed by atoms with Gasteiger partial charge in [0.2, 0.25) is 0 Å². The standard InChI is InChI=1S/C18H16BrN3O4S/c1-11-12(2)21-26-18(11)22-27(24,25)16-8-6-15(7-9-16)20-17(23)13-4-3-5-14(19)10-13/h3-10H,1-2H3,(H2,20,21,22,23)/p-1. The second kappa shape index (κ2) is 7.53. The lowest BCUT2D eigenvalue weighted by molar-refractivity contribution is 0.102. The topological polar surface area (TPSA) is 103 Å². The fourth-order valence-corrected chi connectivity index (χ4v) is 3.57. The Balaban J connectivity index is 1.74. The minimum absolute atomic E-state index is 0.0172. The number of halogens is 1. The smallest absolute Gasteiger partial charge is 0.255 e. The molecule has 1 amide bonds. The molecule has 3 aromatic rings. The van der Waals surface area contributed by atoms with Gasteiger partial charge in [-0.2, -0.15) is 0 Å². The molecule has 140 valence electrons. The van der Waals surface area contributed by atoms with Crippen LogP contribution in [0.4, 0.5) is 11.6 Å². The Hall–Kier alpha value is -2.65. The van der Waals surface area contributed by atoms with E-state index in [4.69, 9.17) is 4.52 Å². The van der Waals surface area contributed by atoms with E-state index in [1.807, 2.05) is 6.07 Å². The fourth-order valence-electron chi connectivity index (χ4n) is 2.19. The Morgan fingerprint density at radius 3 is 2.44 bits per heavy atom. The Kier molecular flexibility index (Phi) is 5.33. The van der Waals surface area contributed by atoms with E-state index in [1.165, 1.54) is 24.3 Å². The van der Waals surface area contributed by atoms with Gasteiger partial charge in [0.05, 0.1) is 16.5 Å². The largest absolute Gasteiger partial charge is 0.539 e. The molecule has 0 unspecified atom stereocenters. The molecule has 0 aliphatic heterocycles. The molecular formula is C18H15BrN3O4S-. The Morgan fingerprint density at radius 1 is 1.15 bits per heavy atom. The molecule has 0 bridgehead atoms. The van der Waals surface area contributed by atoms with E-state index in [0.29, 0.717) is 22.5 Å². The number of rotatable bonds is 5. The van der Waals surface area contributed by atoms with Crippen molar-refractivity contribution < 1.29 is 17.7 Å². The molecule has 3 rings (SSSR count). The van der Waals surface area contributed by atoms with Gasteiger partial charge in [0.25, 0.3) is 5.91 Å². The number of carbonyl (C=O) groups is 1. The maximum Gasteiger partial charge on any atom is 0.255 e. The third-order valence-corrected chi connectivity index (χ3v) is 5.60. The van der Waals surface area contributed by atoms with E-state index in [0.717, 1.165) is 4.47 Å². The fraction of sp³-hybridized carbons (Fsp3) is 0.111. The summed E-state index contributed by atoms with van der Waals surface area (Å²) in [5, 5.41) is 6.40. The van der Waals surface area contributed by atoms with E-state index in [1.54, 1.807) is 32.0 Å². The van der Waals surface area contributed by atoms with Gasteiger partial charge in [-0.3, -0.25) is 4.79 Å². The average Bonchev–Trinajstić information content (AvgIpc) is 2.94. The third-order valence-electron chi connectivity index (χ3n) is 3.83. The van der Waals surface area contributed by atoms with Gasteiger partial charge in [0.1, 0.15) is 10.0 Å². The van der Waals surface area contributed by atoms with E-state index < -0.39 is 10.0 Å². The zero-order chi connectivity index (χ0) is 19.6. The molecule has 0 saturated heterocycles. The summed E-state index contributed by atoms with van der Waals surface area (Å²) in [6.07, 6.45) is 0. The number of carbonyl (C=O) groups excluding carboxylic acids is 1. The summed E-state index contributed by atoms with van der Waals surface area (Å²) >= 11 is 3.31. The monoisotopic (exact) mass is 448 g/mol. The minimum Gasteiger partial charge on any atom is -0.539 e. The van der Waals surface area contributed by atoms with Crippen LogP contribution < -0.4 is 5.32 Å². The third kappa shape index (κ3) is 4.37. The van der Waals surface area contributed by atoms with E-state index in [2.05, 4.69) is 31.1 Å². The zero-order valence-electron chi connectivity index (χ0n) is 14.4. The molecule has 9 heteroatoms. The molecule has 0 radical (unpaired) electrons. The highest BCUT2D eigenvalue weighted by Gasteiger charge is 2.11. The van der Waals surface area contributed by atoms with Crippen molar-refractivity contribution >= 4 is 43.4 Å². The van der Waals surface area contributed by atoms with Gasteiger partial charge in [-0.15, -0.1) is 0 Å². The number of aromatic nitrogens is 1. The molecule has 1 N–H and O–H groups in total. The van der Waals surface area contributed by atoms with Gasteiger partial charge in [-0.25, -0.2) is 8.42 Å². The van der Waals surface area contributed by atoms with Crippen molar-refractivity contribution in [2.45, 2.75) is 18.7 Å². The number of benzene rings is 2. The lowest BCUT2D eigenvalue weighted by Crippen LogP contribution is -2.11. The number of nitrogens with zero attached hydrogens (tertiary/aromatic N) is 2. The van der Waals surface area contributed by atoms with E-state index in [9.17, 15) is 13.2 Å². The molecule has 1 aromatic heterocycles. The molecular weight excluding hydrogens is 434 g/mol. The number of sulfonamides is 1. The van der Waals surface area contributed by atoms with Gasteiger partial charge in [-0.1, -0.05) is 27.2 Å². The van der Waals surface area contributed by atoms with Crippen molar-refractivity contribution in [1.29, 1.82) is 0 Å². The highest BCUT2D eigenvalue weighted by molar-refractivity contribution is 9.10. The first kappa shape index (κ1) is 19.1. The first-order chi connectivity index (χ1) is 12.8. The molecule has 0 fully saturated rings. The predicted octanol–water partition coefficient (Wildman–Crippen LogP) is 4.70. The molecule has 0 atom stereocenters. The summed E-state index contributed by atoms with van der Waals surface area (Å²) in [6.45, 7) is 3.38. The summed E-state index contributed by atoms with van der Waals surface area (Å²) in [6, 6.07) is 12.7. The molecule has 2 aromatic carbocycles. The van der Waals surface area contributed by atoms with Crippen LogP contribution in [0.3, 0.4) is 0 Å². The van der Waals surface area contributed by atoms with E-state index >= 15 is 0 Å². The van der Waals surface area contributed by atoms with Crippen LogP contribution in [0.2, 0.25) is 0 Å². The number of hydrogen-bond acceptors (Lipinski definition) is 5. The molecule has 27 heavy (non-hydrogen) atoms. The molecule has 7 nitrogen and oxygen atoms in total. The number of hydrogen-bond donors (Lipinski definition) is 1. The van der Waals surface area contributed by atoms with Crippen molar-refractivity contribution in [3.8, 4) is 0 Å². The van der Waals surface area contributed by atoms with Crippen LogP contribution in [-0.4, -0.2) is 19.5 Å². The van der Waals surface area contributed by atoms with Crippen LogP contribution in [-0.2, 0) is 10.0 Å². The number of anilines is 1. The second-order valence-electron chi connectivity index (χ2n) is 5.75. The van der Waals surface area contributed by atoms with Crippen LogP contribution in [0.1, 0.15) is 21.6 Å². The Bertz CT molecular complexity index is 1090. The molecule has 0 aliphatic rings. The maximum atomic E-state index is 12.4. The SMILES string of the molecule is Cc1noc([N-]S(=O)(=O)c2ccc(NC(=O)c3cccc(Br)c3)cc2)c1C. The van der Waals surface area contributed by atoms with Gasteiger partial charge in [0, 0.05) is 15.7 Å². The van der Waals surface area contributed by atoms with Crippen LogP contribution in [0.5, 0.6) is 0 Å². The zero-order valence-corrected chi connectivity index (χ0v) is 16.8. The summed E-state index contributed by atoms with van der Waals surface area (Å²) < 4.78 is 34.2. The molecule has 0 saturated carbocycles. The first-order valence-corrected chi connectivity index (χ1v) is 10.1. The molecule has 0 aliphatic carbocycles. The van der Waals surface area contributed by atoms with Crippen LogP contribution in [0.25, 0.3) is 4.72 Å². The first-order valence-electron chi connectivity index (χ1n) is 7.84. The average molecular weight is 449 g/mol. The normalized spacial score (nSPS) is 11.2. The summed E-state index contributed by atoms with van der Waals surface area (Å²) in [5.74, 6) is -0.344. The number of nitrogens with one attached hydrogen (secondary N) is 1. The van der Waals surface area contributed by atoms with Gasteiger partial charge < -0.3 is 14.6 Å². The van der Waals surface area contributed by atoms with Crippen molar-refractivity contribution in [1.82, 2.24) is 5.16 Å². The number of aryl methyl sites for hydroxylation is 1. The highest BCUT2D eigenvalue weighted by Crippen LogP contribution is 2.32.